The third kappa shape index (κ3) is 3.72. The van der Waals surface area contributed by atoms with Crippen LogP contribution in [-0.2, 0) is 4.79 Å². The number of nitrogens with zero attached hydrogens (tertiary/aromatic N) is 1. The van der Waals surface area contributed by atoms with Gasteiger partial charge in [0.2, 0.25) is 0 Å². The quantitative estimate of drug-likeness (QED) is 0.847. The van der Waals surface area contributed by atoms with Crippen molar-refractivity contribution in [3.05, 3.63) is 23.8 Å². The number of rotatable bonds is 4. The van der Waals surface area contributed by atoms with Gasteiger partial charge in [0.15, 0.2) is 12.4 Å². The molecule has 6 nitrogen and oxygen atoms in total. The number of Topliss-reactive ketones (excluding diaryl/α,β-unsaturated/α-hetero) is 1. The van der Waals surface area contributed by atoms with E-state index >= 15 is 0 Å². The molecule has 21 heavy (non-hydrogen) atoms. The first kappa shape index (κ1) is 14.9. The molecule has 0 aromatic heterocycles. The Morgan fingerprint density at radius 1 is 1.52 bits per heavy atom. The molecule has 1 amide bonds. The first-order chi connectivity index (χ1) is 9.91. The largest absolute Gasteiger partial charge is 0.486 e. The van der Waals surface area contributed by atoms with Gasteiger partial charge in [0.25, 0.3) is 5.91 Å². The van der Waals surface area contributed by atoms with Crippen LogP contribution in [0.2, 0.25) is 0 Å². The van der Waals surface area contributed by atoms with E-state index in [1.165, 1.54) is 0 Å². The van der Waals surface area contributed by atoms with Gasteiger partial charge in [-0.2, -0.15) is 5.26 Å². The minimum atomic E-state index is -0.549. The Morgan fingerprint density at radius 2 is 2.29 bits per heavy atom. The molecule has 110 valence electrons. The van der Waals surface area contributed by atoms with Gasteiger partial charge in [-0.25, -0.2) is 0 Å². The van der Waals surface area contributed by atoms with E-state index in [0.717, 1.165) is 0 Å². The van der Waals surface area contributed by atoms with Crippen molar-refractivity contribution in [2.45, 2.75) is 25.9 Å². The molecule has 0 atom stereocenters. The monoisotopic (exact) mass is 288 g/mol. The molecule has 0 fully saturated rings. The van der Waals surface area contributed by atoms with Crippen LogP contribution in [0.15, 0.2) is 18.2 Å². The van der Waals surface area contributed by atoms with Gasteiger partial charge in [0.05, 0.1) is 18.1 Å². The van der Waals surface area contributed by atoms with Crippen molar-refractivity contribution in [1.82, 2.24) is 5.32 Å². The van der Waals surface area contributed by atoms with Gasteiger partial charge >= 0.3 is 0 Å². The first-order valence-corrected chi connectivity index (χ1v) is 6.54. The number of ether oxygens (including phenoxy) is 2. The predicted octanol–water partition coefficient (Wildman–Crippen LogP) is 1.45. The first-order valence-electron chi connectivity index (χ1n) is 6.54. The normalized spacial score (nSPS) is 15.4. The van der Waals surface area contributed by atoms with E-state index in [-0.39, 0.29) is 24.8 Å². The lowest BCUT2D eigenvalue weighted by Crippen LogP contribution is -2.35. The average Bonchev–Trinajstić information content (AvgIpc) is 2.41. The van der Waals surface area contributed by atoms with Crippen molar-refractivity contribution in [3.8, 4) is 17.6 Å². The fraction of sp³-hybridized carbons (Fsp3) is 0.400. The van der Waals surface area contributed by atoms with E-state index in [9.17, 15) is 9.59 Å². The van der Waals surface area contributed by atoms with Crippen molar-refractivity contribution in [3.63, 3.8) is 0 Å². The minimum Gasteiger partial charge on any atom is -0.486 e. The number of hydrogen-bond acceptors (Lipinski definition) is 5. The molecule has 1 heterocycles. The lowest BCUT2D eigenvalue weighted by atomic mass is 9.93. The third-order valence-corrected chi connectivity index (χ3v) is 2.96. The summed E-state index contributed by atoms with van der Waals surface area (Å²) in [6.45, 7) is 3.43. The fourth-order valence-electron chi connectivity index (χ4n) is 2.06. The van der Waals surface area contributed by atoms with Gasteiger partial charge in [0, 0.05) is 6.07 Å². The van der Waals surface area contributed by atoms with E-state index in [2.05, 4.69) is 5.32 Å². The second kappa shape index (κ2) is 5.83. The number of nitrogens with one attached hydrogen (secondary N) is 1. The summed E-state index contributed by atoms with van der Waals surface area (Å²) in [5.74, 6) is 0.545. The second-order valence-corrected chi connectivity index (χ2v) is 5.34. The van der Waals surface area contributed by atoms with E-state index in [4.69, 9.17) is 14.7 Å². The molecule has 1 aliphatic heterocycles. The van der Waals surface area contributed by atoms with Gasteiger partial charge in [-0.15, -0.1) is 0 Å². The average molecular weight is 288 g/mol. The number of fused-ring (bicyclic) bond motifs is 1. The maximum Gasteiger partial charge on any atom is 0.258 e. The molecular weight excluding hydrogens is 272 g/mol. The third-order valence-electron chi connectivity index (χ3n) is 2.96. The number of benzene rings is 1. The maximum atomic E-state index is 12.0. The zero-order valence-electron chi connectivity index (χ0n) is 11.9. The number of ketones is 1. The highest BCUT2D eigenvalue weighted by atomic mass is 16.5. The van der Waals surface area contributed by atoms with Gasteiger partial charge in [0.1, 0.15) is 23.6 Å². The van der Waals surface area contributed by atoms with E-state index in [0.29, 0.717) is 23.5 Å². The van der Waals surface area contributed by atoms with Crippen LogP contribution in [0.5, 0.6) is 11.5 Å². The highest BCUT2D eigenvalue weighted by Crippen LogP contribution is 2.35. The minimum absolute atomic E-state index is 0.0274. The number of nitriles is 1. The van der Waals surface area contributed by atoms with Gasteiger partial charge in [-0.1, -0.05) is 0 Å². The van der Waals surface area contributed by atoms with Gasteiger partial charge in [-0.05, 0) is 26.0 Å². The number of carbonyl (C=O) groups excluding carboxylic acids is 2. The molecule has 1 aliphatic rings. The molecule has 6 heteroatoms. The Bertz CT molecular complexity index is 617. The summed E-state index contributed by atoms with van der Waals surface area (Å²) in [6.07, 6.45) is 0.330. The molecule has 0 bridgehead atoms. The molecular formula is C15H16N2O4. The molecule has 2 rings (SSSR count). The fourth-order valence-corrected chi connectivity index (χ4v) is 2.06. The molecule has 1 N–H and O–H groups in total. The van der Waals surface area contributed by atoms with Gasteiger partial charge in [-0.3, -0.25) is 9.59 Å². The summed E-state index contributed by atoms with van der Waals surface area (Å²) in [5, 5.41) is 10.7. The molecule has 0 saturated heterocycles. The SMILES string of the molecule is CC1(C)CC(=O)c2ccc(OCC(=O)NCC#N)cc2O1. The summed E-state index contributed by atoms with van der Waals surface area (Å²) in [4.78, 5) is 23.3. The molecule has 1 aromatic carbocycles. The Kier molecular flexibility index (Phi) is 4.13. The van der Waals surface area contributed by atoms with Crippen LogP contribution in [0.25, 0.3) is 0 Å². The Morgan fingerprint density at radius 3 is 3.00 bits per heavy atom. The zero-order valence-corrected chi connectivity index (χ0v) is 11.9. The number of carbonyl (C=O) groups is 2. The molecule has 0 saturated carbocycles. The van der Waals surface area contributed by atoms with Crippen molar-refractivity contribution < 1.29 is 19.1 Å². The molecule has 0 aliphatic carbocycles. The van der Waals surface area contributed by atoms with Gasteiger partial charge < -0.3 is 14.8 Å². The highest BCUT2D eigenvalue weighted by Gasteiger charge is 2.32. The standard InChI is InChI=1S/C15H16N2O4/c1-15(2)8-12(18)11-4-3-10(7-13(11)21-15)20-9-14(19)17-6-5-16/h3-4,7H,6,8-9H2,1-2H3,(H,17,19). The van der Waals surface area contributed by atoms with Crippen molar-refractivity contribution in [1.29, 1.82) is 5.26 Å². The van der Waals surface area contributed by atoms with Crippen LogP contribution in [0, 0.1) is 11.3 Å². The van der Waals surface area contributed by atoms with Crippen LogP contribution >= 0.6 is 0 Å². The van der Waals surface area contributed by atoms with Crippen LogP contribution < -0.4 is 14.8 Å². The van der Waals surface area contributed by atoms with Crippen molar-refractivity contribution in [2.24, 2.45) is 0 Å². The van der Waals surface area contributed by atoms with Crippen LogP contribution in [-0.4, -0.2) is 30.4 Å². The summed E-state index contributed by atoms with van der Waals surface area (Å²) in [5.41, 5.74) is -0.0250. The predicted molar refractivity (Wildman–Crippen MR) is 74.2 cm³/mol. The van der Waals surface area contributed by atoms with Crippen molar-refractivity contribution >= 4 is 11.7 Å². The van der Waals surface area contributed by atoms with E-state index in [1.54, 1.807) is 24.3 Å². The summed E-state index contributed by atoms with van der Waals surface area (Å²) < 4.78 is 11.1. The second-order valence-electron chi connectivity index (χ2n) is 5.34. The lowest BCUT2D eigenvalue weighted by Gasteiger charge is -2.31. The van der Waals surface area contributed by atoms with Crippen LogP contribution in [0.4, 0.5) is 0 Å². The number of hydrogen-bond donors (Lipinski definition) is 1. The Balaban J connectivity index is 2.06. The topological polar surface area (TPSA) is 88.4 Å². The Hall–Kier alpha value is -2.55. The highest BCUT2D eigenvalue weighted by molar-refractivity contribution is 6.00. The molecule has 0 radical (unpaired) electrons. The van der Waals surface area contributed by atoms with Crippen molar-refractivity contribution in [2.75, 3.05) is 13.2 Å². The number of amides is 1. The van der Waals surface area contributed by atoms with E-state index in [1.807, 2.05) is 13.8 Å². The maximum absolute atomic E-state index is 12.0. The van der Waals surface area contributed by atoms with Crippen LogP contribution in [0.3, 0.4) is 0 Å². The van der Waals surface area contributed by atoms with E-state index < -0.39 is 5.60 Å². The summed E-state index contributed by atoms with van der Waals surface area (Å²) in [7, 11) is 0. The van der Waals surface area contributed by atoms with Crippen LogP contribution in [0.1, 0.15) is 30.6 Å². The lowest BCUT2D eigenvalue weighted by molar-refractivity contribution is -0.122. The molecule has 0 spiro atoms. The zero-order chi connectivity index (χ0) is 15.5. The Labute approximate surface area is 122 Å². The molecule has 0 unspecified atom stereocenters. The summed E-state index contributed by atoms with van der Waals surface area (Å²) >= 11 is 0. The molecule has 1 aromatic rings. The summed E-state index contributed by atoms with van der Waals surface area (Å²) in [6, 6.07) is 6.66. The smallest absolute Gasteiger partial charge is 0.258 e.